The van der Waals surface area contributed by atoms with Crippen molar-refractivity contribution >= 4 is 0 Å². The van der Waals surface area contributed by atoms with Gasteiger partial charge in [0.1, 0.15) is 0 Å². The van der Waals surface area contributed by atoms with Crippen molar-refractivity contribution in [2.24, 2.45) is 5.92 Å². The number of hydrogen-bond acceptors (Lipinski definition) is 2. The van der Waals surface area contributed by atoms with Crippen molar-refractivity contribution in [3.63, 3.8) is 0 Å². The van der Waals surface area contributed by atoms with E-state index in [9.17, 15) is 0 Å². The van der Waals surface area contributed by atoms with Gasteiger partial charge in [0.05, 0.1) is 0 Å². The lowest BCUT2D eigenvalue weighted by atomic mass is 9.91. The van der Waals surface area contributed by atoms with Gasteiger partial charge in [0, 0.05) is 31.6 Å². The van der Waals surface area contributed by atoms with E-state index >= 15 is 0 Å². The molecule has 4 unspecified atom stereocenters. The molecule has 4 atom stereocenters. The standard InChI is InChI=1S/C6H10N2/c1-2-7-3-5-4-8(7)6(1)5/h5-6H,1-4H2. The third-order valence-electron chi connectivity index (χ3n) is 2.84. The van der Waals surface area contributed by atoms with Crippen LogP contribution in [0.25, 0.3) is 0 Å². The molecule has 0 aromatic rings. The Kier molecular flexibility index (Phi) is 0.461. The Labute approximate surface area is 49.0 Å². The molecular weight excluding hydrogens is 100 g/mol. The molecule has 0 spiro atoms. The maximum atomic E-state index is 2.53. The van der Waals surface area contributed by atoms with E-state index in [1.165, 1.54) is 26.1 Å². The topological polar surface area (TPSA) is 6.48 Å². The van der Waals surface area contributed by atoms with Crippen LogP contribution in [0.5, 0.6) is 0 Å². The van der Waals surface area contributed by atoms with Crippen LogP contribution in [-0.4, -0.2) is 35.7 Å². The predicted molar refractivity (Wildman–Crippen MR) is 30.2 cm³/mol. The molecule has 4 fully saturated rings. The minimum Gasteiger partial charge on any atom is -0.241 e. The number of nitrogens with zero attached hydrogens (tertiary/aromatic N) is 2. The molecule has 4 heterocycles. The van der Waals surface area contributed by atoms with Crippen molar-refractivity contribution in [3.8, 4) is 0 Å². The normalized spacial score (nSPS) is 66.0. The van der Waals surface area contributed by atoms with E-state index in [4.69, 9.17) is 0 Å². The summed E-state index contributed by atoms with van der Waals surface area (Å²) in [6.07, 6.45) is 1.45. The van der Waals surface area contributed by atoms with Gasteiger partial charge in [-0.3, -0.25) is 0 Å². The molecule has 0 aromatic heterocycles. The first-order chi connectivity index (χ1) is 3.95. The molecule has 4 aliphatic heterocycles. The van der Waals surface area contributed by atoms with Gasteiger partial charge in [-0.2, -0.15) is 0 Å². The van der Waals surface area contributed by atoms with Crippen molar-refractivity contribution in [1.82, 2.24) is 10.0 Å². The molecular formula is C6H10N2. The number of hydrazine groups is 1. The highest BCUT2D eigenvalue weighted by atomic mass is 15.7. The fraction of sp³-hybridized carbons (Fsp3) is 1.00. The van der Waals surface area contributed by atoms with Crippen LogP contribution < -0.4 is 0 Å². The van der Waals surface area contributed by atoms with Crippen LogP contribution in [-0.2, 0) is 0 Å². The molecule has 0 radical (unpaired) electrons. The van der Waals surface area contributed by atoms with Crippen molar-refractivity contribution < 1.29 is 0 Å². The van der Waals surface area contributed by atoms with Gasteiger partial charge in [0.15, 0.2) is 0 Å². The van der Waals surface area contributed by atoms with E-state index in [1.54, 1.807) is 0 Å². The molecule has 44 valence electrons. The summed E-state index contributed by atoms with van der Waals surface area (Å²) in [6.45, 7) is 4.11. The minimum atomic E-state index is 0.995. The van der Waals surface area contributed by atoms with Crippen LogP contribution >= 0.6 is 0 Å². The van der Waals surface area contributed by atoms with Crippen LogP contribution in [0.3, 0.4) is 0 Å². The fourth-order valence-corrected chi connectivity index (χ4v) is 2.37. The predicted octanol–water partition coefficient (Wildman–Crippen LogP) is -0.0789. The summed E-state index contributed by atoms with van der Waals surface area (Å²) in [6, 6.07) is 0.995. The van der Waals surface area contributed by atoms with Crippen LogP contribution in [0.15, 0.2) is 0 Å². The van der Waals surface area contributed by atoms with Gasteiger partial charge in [-0.15, -0.1) is 0 Å². The Bertz CT molecular complexity index is 124. The van der Waals surface area contributed by atoms with Gasteiger partial charge in [-0.1, -0.05) is 0 Å². The minimum absolute atomic E-state index is 0.995. The summed E-state index contributed by atoms with van der Waals surface area (Å²) in [5, 5.41) is 5.04. The van der Waals surface area contributed by atoms with Crippen molar-refractivity contribution in [2.75, 3.05) is 19.6 Å². The van der Waals surface area contributed by atoms with Crippen LogP contribution in [0.2, 0.25) is 0 Å². The first-order valence-corrected chi connectivity index (χ1v) is 3.46. The first-order valence-electron chi connectivity index (χ1n) is 3.46. The third kappa shape index (κ3) is 0.231. The fourth-order valence-electron chi connectivity index (χ4n) is 2.37. The first kappa shape index (κ1) is 3.85. The summed E-state index contributed by atoms with van der Waals surface area (Å²) in [4.78, 5) is 0. The van der Waals surface area contributed by atoms with E-state index < -0.39 is 0 Å². The third-order valence-corrected chi connectivity index (χ3v) is 2.84. The van der Waals surface area contributed by atoms with Crippen molar-refractivity contribution in [1.29, 1.82) is 0 Å². The largest absolute Gasteiger partial charge is 0.241 e. The molecule has 0 N–H and O–H groups in total. The van der Waals surface area contributed by atoms with E-state index in [2.05, 4.69) is 10.0 Å². The van der Waals surface area contributed by atoms with Gasteiger partial charge >= 0.3 is 0 Å². The maximum absolute atomic E-state index is 2.53. The monoisotopic (exact) mass is 110 g/mol. The summed E-state index contributed by atoms with van der Waals surface area (Å²) >= 11 is 0. The molecule has 4 aliphatic rings. The molecule has 4 saturated heterocycles. The Morgan fingerprint density at radius 1 is 1.25 bits per heavy atom. The van der Waals surface area contributed by atoms with Crippen LogP contribution in [0, 0.1) is 5.92 Å². The molecule has 4 rings (SSSR count). The van der Waals surface area contributed by atoms with E-state index in [0.717, 1.165) is 12.0 Å². The smallest absolute Gasteiger partial charge is 0.0312 e. The summed E-state index contributed by atoms with van der Waals surface area (Å²) in [7, 11) is 0. The molecule has 0 aromatic carbocycles. The number of piperidine rings is 1. The number of rotatable bonds is 0. The second-order valence-corrected chi connectivity index (χ2v) is 3.15. The average Bonchev–Trinajstić information content (AvgIpc) is 2.25. The molecule has 0 saturated carbocycles. The lowest BCUT2D eigenvalue weighted by Crippen LogP contribution is -2.45. The highest BCUT2D eigenvalue weighted by Crippen LogP contribution is 2.42. The molecule has 0 amide bonds. The Morgan fingerprint density at radius 2 is 2.25 bits per heavy atom. The zero-order chi connectivity index (χ0) is 5.14. The molecule has 0 aliphatic carbocycles. The summed E-state index contributed by atoms with van der Waals surface area (Å²) < 4.78 is 0. The van der Waals surface area contributed by atoms with Gasteiger partial charge in [0.25, 0.3) is 0 Å². The highest BCUT2D eigenvalue weighted by Gasteiger charge is 2.53. The average molecular weight is 110 g/mol. The van der Waals surface area contributed by atoms with Crippen molar-refractivity contribution in [3.05, 3.63) is 0 Å². The SMILES string of the molecule is C1CN2CC3CN2C13. The van der Waals surface area contributed by atoms with Crippen LogP contribution in [0.1, 0.15) is 6.42 Å². The van der Waals surface area contributed by atoms with E-state index in [1.807, 2.05) is 0 Å². The van der Waals surface area contributed by atoms with Gasteiger partial charge in [-0.25, -0.2) is 10.0 Å². The van der Waals surface area contributed by atoms with Crippen LogP contribution in [0.4, 0.5) is 0 Å². The lowest BCUT2D eigenvalue weighted by molar-refractivity contribution is 0.0227. The van der Waals surface area contributed by atoms with Gasteiger partial charge in [-0.05, 0) is 6.42 Å². The van der Waals surface area contributed by atoms with E-state index in [0.29, 0.717) is 0 Å². The second kappa shape index (κ2) is 0.957. The summed E-state index contributed by atoms with van der Waals surface area (Å²) in [5.41, 5.74) is 0. The Hall–Kier alpha value is -0.0800. The van der Waals surface area contributed by atoms with Gasteiger partial charge in [0.2, 0.25) is 0 Å². The Balaban J connectivity index is 2.06. The van der Waals surface area contributed by atoms with E-state index in [-0.39, 0.29) is 0 Å². The zero-order valence-corrected chi connectivity index (χ0v) is 4.88. The summed E-state index contributed by atoms with van der Waals surface area (Å²) in [5.74, 6) is 1.07. The quantitative estimate of drug-likeness (QED) is 0.430. The number of hydrogen-bond donors (Lipinski definition) is 0. The van der Waals surface area contributed by atoms with Crippen molar-refractivity contribution in [2.45, 2.75) is 12.5 Å². The molecule has 2 heteroatoms. The van der Waals surface area contributed by atoms with Gasteiger partial charge < -0.3 is 0 Å². The zero-order valence-electron chi connectivity index (χ0n) is 4.88. The molecule has 2 nitrogen and oxygen atoms in total. The maximum Gasteiger partial charge on any atom is 0.0312 e. The molecule has 8 heavy (non-hydrogen) atoms. The molecule has 4 bridgehead atoms. The lowest BCUT2D eigenvalue weighted by Gasteiger charge is -2.33. The highest BCUT2D eigenvalue weighted by molar-refractivity contribution is 5.03. The Morgan fingerprint density at radius 3 is 2.62 bits per heavy atom. The second-order valence-electron chi connectivity index (χ2n) is 3.15.